The van der Waals surface area contributed by atoms with Gasteiger partial charge in [0.2, 0.25) is 0 Å². The highest BCUT2D eigenvalue weighted by Crippen LogP contribution is 2.37. The third kappa shape index (κ3) is 2.61. The van der Waals surface area contributed by atoms with Gasteiger partial charge in [0.05, 0.1) is 28.9 Å². The largest absolute Gasteiger partial charge is 0.465 e. The minimum Gasteiger partial charge on any atom is -0.465 e. The minimum absolute atomic E-state index is 0.0811. The molecule has 1 heterocycles. The fourth-order valence-corrected chi connectivity index (χ4v) is 3.03. The molecule has 2 aromatic rings. The third-order valence-electron chi connectivity index (χ3n) is 3.93. The lowest BCUT2D eigenvalue weighted by atomic mass is 9.85. The molecule has 22 heavy (non-hydrogen) atoms. The van der Waals surface area contributed by atoms with Crippen molar-refractivity contribution in [1.29, 1.82) is 0 Å². The molecular weight excluding hydrogens is 307 g/mol. The predicted octanol–water partition coefficient (Wildman–Crippen LogP) is 3.85. The zero-order valence-corrected chi connectivity index (χ0v) is 12.9. The molecule has 0 bridgehead atoms. The Morgan fingerprint density at radius 3 is 3.09 bits per heavy atom. The number of carbonyl (C=O) groups is 1. The second-order valence-corrected chi connectivity index (χ2v) is 5.70. The average molecular weight is 323 g/mol. The van der Waals surface area contributed by atoms with E-state index in [1.165, 1.54) is 12.1 Å². The monoisotopic (exact) mass is 322 g/mol. The molecule has 0 radical (unpaired) electrons. The first kappa shape index (κ1) is 15.0. The molecule has 1 unspecified atom stereocenters. The van der Waals surface area contributed by atoms with Gasteiger partial charge in [-0.3, -0.25) is 9.89 Å². The number of hydrogen-bond acceptors (Lipinski definition) is 3. The Hall–Kier alpha value is -1.88. The van der Waals surface area contributed by atoms with Crippen molar-refractivity contribution in [3.8, 4) is 11.3 Å². The van der Waals surface area contributed by atoms with Crippen molar-refractivity contribution in [2.45, 2.75) is 32.1 Å². The minimum atomic E-state index is -0.478. The van der Waals surface area contributed by atoms with E-state index in [0.717, 1.165) is 30.5 Å². The summed E-state index contributed by atoms with van der Waals surface area (Å²) >= 11 is 5.72. The second kappa shape index (κ2) is 6.08. The molecule has 1 aromatic carbocycles. The number of nitrogens with one attached hydrogen (secondary N) is 1. The third-order valence-corrected chi connectivity index (χ3v) is 4.24. The van der Waals surface area contributed by atoms with E-state index in [-0.39, 0.29) is 16.9 Å². The highest BCUT2D eigenvalue weighted by molar-refractivity contribution is 6.30. The lowest BCUT2D eigenvalue weighted by molar-refractivity contribution is -0.145. The number of H-pyrrole nitrogens is 1. The van der Waals surface area contributed by atoms with Crippen LogP contribution in [0, 0.1) is 5.82 Å². The zero-order valence-electron chi connectivity index (χ0n) is 12.2. The van der Waals surface area contributed by atoms with Crippen molar-refractivity contribution < 1.29 is 13.9 Å². The smallest absolute Gasteiger partial charge is 0.314 e. The maximum atomic E-state index is 13.7. The van der Waals surface area contributed by atoms with Gasteiger partial charge < -0.3 is 4.74 Å². The molecule has 4 nitrogen and oxygen atoms in total. The van der Waals surface area contributed by atoms with Crippen LogP contribution in [0.1, 0.15) is 36.9 Å². The van der Waals surface area contributed by atoms with E-state index in [1.54, 1.807) is 13.0 Å². The highest BCUT2D eigenvalue weighted by Gasteiger charge is 2.31. The molecule has 6 heteroatoms. The van der Waals surface area contributed by atoms with Gasteiger partial charge in [-0.2, -0.15) is 5.10 Å². The first-order chi connectivity index (χ1) is 10.6. The second-order valence-electron chi connectivity index (χ2n) is 5.29. The van der Waals surface area contributed by atoms with Crippen LogP contribution in [-0.4, -0.2) is 22.8 Å². The zero-order chi connectivity index (χ0) is 15.7. The molecular formula is C16H16ClFN2O2. The fraction of sp³-hybridized carbons (Fsp3) is 0.375. The molecule has 1 aliphatic carbocycles. The molecule has 1 aliphatic rings. The van der Waals surface area contributed by atoms with E-state index in [0.29, 0.717) is 17.9 Å². The predicted molar refractivity (Wildman–Crippen MR) is 81.3 cm³/mol. The number of fused-ring (bicyclic) bond motifs is 1. The molecule has 0 aliphatic heterocycles. The van der Waals surface area contributed by atoms with Crippen LogP contribution in [0.5, 0.6) is 0 Å². The van der Waals surface area contributed by atoms with E-state index in [1.807, 2.05) is 0 Å². The van der Waals surface area contributed by atoms with Gasteiger partial charge in [-0.15, -0.1) is 0 Å². The Bertz CT molecular complexity index is 714. The van der Waals surface area contributed by atoms with Crippen molar-refractivity contribution in [2.75, 3.05) is 6.61 Å². The average Bonchev–Trinajstić information content (AvgIpc) is 2.94. The van der Waals surface area contributed by atoms with Crippen LogP contribution in [0.15, 0.2) is 18.2 Å². The lowest BCUT2D eigenvalue weighted by Crippen LogP contribution is -2.20. The van der Waals surface area contributed by atoms with Gasteiger partial charge >= 0.3 is 5.97 Å². The normalized spacial score (nSPS) is 17.1. The van der Waals surface area contributed by atoms with Gasteiger partial charge in [-0.05, 0) is 38.3 Å². The van der Waals surface area contributed by atoms with Crippen molar-refractivity contribution in [3.05, 3.63) is 40.3 Å². The van der Waals surface area contributed by atoms with Crippen molar-refractivity contribution in [3.63, 3.8) is 0 Å². The van der Waals surface area contributed by atoms with Gasteiger partial charge in [0.1, 0.15) is 5.82 Å². The number of ether oxygens (including phenoxy) is 1. The van der Waals surface area contributed by atoms with E-state index < -0.39 is 5.82 Å². The molecule has 0 saturated carbocycles. The Labute approximate surface area is 132 Å². The van der Waals surface area contributed by atoms with E-state index in [9.17, 15) is 9.18 Å². The summed E-state index contributed by atoms with van der Waals surface area (Å²) in [6.07, 6.45) is 2.42. The highest BCUT2D eigenvalue weighted by atomic mass is 35.5. The summed E-state index contributed by atoms with van der Waals surface area (Å²) < 4.78 is 18.8. The molecule has 0 fully saturated rings. The lowest BCUT2D eigenvalue weighted by Gasteiger charge is -2.20. The number of rotatable bonds is 3. The molecule has 1 atom stereocenters. The number of esters is 1. The van der Waals surface area contributed by atoms with Gasteiger partial charge in [0.15, 0.2) is 0 Å². The van der Waals surface area contributed by atoms with Crippen LogP contribution in [0.25, 0.3) is 11.3 Å². The molecule has 0 amide bonds. The van der Waals surface area contributed by atoms with Crippen molar-refractivity contribution >= 4 is 17.6 Å². The fourth-order valence-electron chi connectivity index (χ4n) is 2.91. The van der Waals surface area contributed by atoms with E-state index >= 15 is 0 Å². The van der Waals surface area contributed by atoms with Crippen LogP contribution < -0.4 is 0 Å². The van der Waals surface area contributed by atoms with Crippen LogP contribution in [0.3, 0.4) is 0 Å². The maximum absolute atomic E-state index is 13.7. The maximum Gasteiger partial charge on any atom is 0.314 e. The Morgan fingerprint density at radius 2 is 2.36 bits per heavy atom. The summed E-state index contributed by atoms with van der Waals surface area (Å²) in [6.45, 7) is 2.14. The quantitative estimate of drug-likeness (QED) is 0.873. The van der Waals surface area contributed by atoms with Gasteiger partial charge in [0, 0.05) is 11.1 Å². The molecule has 1 aromatic heterocycles. The van der Waals surface area contributed by atoms with E-state index in [4.69, 9.17) is 16.3 Å². The molecule has 1 N–H and O–H groups in total. The van der Waals surface area contributed by atoms with E-state index in [2.05, 4.69) is 10.2 Å². The molecule has 0 spiro atoms. The summed E-state index contributed by atoms with van der Waals surface area (Å²) in [7, 11) is 0. The SMILES string of the molecule is CCOC(=O)C1CCCc2c(-c3ccc(Cl)c(F)c3)n[nH]c21. The topological polar surface area (TPSA) is 55.0 Å². The Morgan fingerprint density at radius 1 is 1.55 bits per heavy atom. The van der Waals surface area contributed by atoms with Gasteiger partial charge in [0.25, 0.3) is 0 Å². The number of aromatic nitrogens is 2. The Balaban J connectivity index is 1.99. The standard InChI is InChI=1S/C16H16ClFN2O2/c1-2-22-16(21)11-5-3-4-10-14(19-20-15(10)11)9-6-7-12(17)13(18)8-9/h6-8,11H,2-5H2,1H3,(H,19,20). The first-order valence-electron chi connectivity index (χ1n) is 7.31. The van der Waals surface area contributed by atoms with Crippen LogP contribution in [0.2, 0.25) is 5.02 Å². The number of carbonyl (C=O) groups excluding carboxylic acids is 1. The number of benzene rings is 1. The number of hydrogen-bond donors (Lipinski definition) is 1. The van der Waals surface area contributed by atoms with Crippen molar-refractivity contribution in [2.24, 2.45) is 0 Å². The van der Waals surface area contributed by atoms with Crippen LogP contribution >= 0.6 is 11.6 Å². The van der Waals surface area contributed by atoms with Crippen molar-refractivity contribution in [1.82, 2.24) is 10.2 Å². The summed E-state index contributed by atoms with van der Waals surface area (Å²) in [5.41, 5.74) is 3.09. The molecule has 0 saturated heterocycles. The number of nitrogens with zero attached hydrogens (tertiary/aromatic N) is 1. The first-order valence-corrected chi connectivity index (χ1v) is 7.68. The molecule has 3 rings (SSSR count). The summed E-state index contributed by atoms with van der Waals surface area (Å²) in [5, 5.41) is 7.31. The summed E-state index contributed by atoms with van der Waals surface area (Å²) in [6, 6.07) is 4.61. The van der Waals surface area contributed by atoms with Gasteiger partial charge in [-0.1, -0.05) is 17.7 Å². The summed E-state index contributed by atoms with van der Waals surface area (Å²) in [4.78, 5) is 12.1. The molecule has 116 valence electrons. The number of halogens is 2. The van der Waals surface area contributed by atoms with Crippen LogP contribution in [0.4, 0.5) is 4.39 Å². The van der Waals surface area contributed by atoms with Gasteiger partial charge in [-0.25, -0.2) is 4.39 Å². The van der Waals surface area contributed by atoms with Crippen LogP contribution in [-0.2, 0) is 16.0 Å². The summed E-state index contributed by atoms with van der Waals surface area (Å²) in [5.74, 6) is -1.03. The Kier molecular flexibility index (Phi) is 4.16. The number of aromatic amines is 1.